The molecule has 5 aromatic rings. The lowest BCUT2D eigenvalue weighted by Crippen LogP contribution is -2.65. The van der Waals surface area contributed by atoms with Crippen LogP contribution in [-0.4, -0.2) is 258 Å². The normalized spacial score (nSPS) is 32.2. The Bertz CT molecular complexity index is 3740. The molecule has 0 aliphatic carbocycles. The standard InChI is InChI=1S/C59H62O36/c1-18(62)84-50-40(73)34(91-57(47(50)80)88-31-13-24-26(66)9-22(64)10-29(24)86-48(31)20-4-7-25(65)27(67)8-20)17-83-35(69)14-36(70)92-53-45(78)44(77)52(55(81)82)94-58(53)85-23-11-28(68)37-30(12-23)87-49(19-2-5-21(63)6-3-19)51(41(37)74)93-59-54(43(76)39(72)33(16-61)90-59)95-56-46(79)42(75)38(71)32(15-60)89-56/h2-13,32-34,38-40,42-48,50,52-54,56-61,63-68,71-73,75-80H,14-17H2,1H3,(H,81,82). The van der Waals surface area contributed by atoms with Crippen molar-refractivity contribution in [2.45, 2.75) is 142 Å². The fourth-order valence-electron chi connectivity index (χ4n) is 10.8. The van der Waals surface area contributed by atoms with Crippen molar-refractivity contribution in [2.75, 3.05) is 19.8 Å². The van der Waals surface area contributed by atoms with Gasteiger partial charge in [0.15, 0.2) is 60.2 Å². The highest BCUT2D eigenvalue weighted by Crippen LogP contribution is 2.46. The van der Waals surface area contributed by atoms with E-state index in [1.165, 1.54) is 24.3 Å². The fraction of sp³-hybridized carbons (Fsp3) is 0.441. The summed E-state index contributed by atoms with van der Waals surface area (Å²) in [5, 5.41) is 191. The first-order valence-electron chi connectivity index (χ1n) is 28.5. The van der Waals surface area contributed by atoms with Crippen LogP contribution in [0.15, 0.2) is 81.7 Å². The van der Waals surface area contributed by atoms with Gasteiger partial charge in [-0.15, -0.1) is 0 Å². The first-order chi connectivity index (χ1) is 45.0. The minimum atomic E-state index is -2.43. The van der Waals surface area contributed by atoms with Crippen LogP contribution in [0.1, 0.15) is 30.6 Å². The van der Waals surface area contributed by atoms with Gasteiger partial charge in [-0.1, -0.05) is 6.07 Å². The second-order valence-corrected chi connectivity index (χ2v) is 22.1. The van der Waals surface area contributed by atoms with E-state index in [-0.39, 0.29) is 33.9 Å². The molecular formula is C59H62O36. The first kappa shape index (κ1) is 68.9. The van der Waals surface area contributed by atoms with E-state index in [2.05, 4.69) is 0 Å². The highest BCUT2D eigenvalue weighted by atomic mass is 16.8. The molecule has 6 heterocycles. The molecule has 36 heteroatoms. The number of aliphatic carboxylic acids is 1. The van der Waals surface area contributed by atoms with Crippen LogP contribution >= 0.6 is 0 Å². The number of fused-ring (bicyclic) bond motifs is 2. The van der Waals surface area contributed by atoms with Crippen LogP contribution in [0.4, 0.5) is 0 Å². The van der Waals surface area contributed by atoms with Crippen molar-refractivity contribution in [3.63, 3.8) is 0 Å². The fourth-order valence-corrected chi connectivity index (χ4v) is 10.8. The Morgan fingerprint density at radius 1 is 0.547 bits per heavy atom. The zero-order chi connectivity index (χ0) is 68.8. The van der Waals surface area contributed by atoms with Crippen LogP contribution in [0.3, 0.4) is 0 Å². The molecule has 95 heavy (non-hydrogen) atoms. The number of carboxylic acids is 1. The lowest BCUT2D eigenvalue weighted by molar-refractivity contribution is -0.358. The SMILES string of the molecule is CC(=O)OC1C(O)C(COC(=O)CC(=O)OC2C(Oc3cc(O)c4c(=O)c(OC5OC(CO)C(O)C(O)C5OC5OC(CO)C(O)C(O)C5O)c(-c5ccc(O)cc5)oc4c3)OC(C(=O)O)C(O)C2O)OC(OC2=Cc3c(O)cc(O)cc3OC2c2ccc(O)c(O)c2)C1O. The van der Waals surface area contributed by atoms with Crippen molar-refractivity contribution < 1.29 is 172 Å². The van der Waals surface area contributed by atoms with Crippen LogP contribution in [0.5, 0.6) is 51.7 Å². The number of carbonyl (C=O) groups excluding carboxylic acids is 3. The maximum atomic E-state index is 14.7. The van der Waals surface area contributed by atoms with Crippen LogP contribution in [0.2, 0.25) is 0 Å². The Labute approximate surface area is 531 Å². The molecule has 0 spiro atoms. The van der Waals surface area contributed by atoms with Crippen LogP contribution < -0.4 is 19.6 Å². The van der Waals surface area contributed by atoms with Gasteiger partial charge in [-0.2, -0.15) is 0 Å². The Morgan fingerprint density at radius 2 is 1.20 bits per heavy atom. The Balaban J connectivity index is 0.883. The predicted octanol–water partition coefficient (Wildman–Crippen LogP) is -3.98. The molecule has 1 aromatic heterocycles. The van der Waals surface area contributed by atoms with Gasteiger partial charge >= 0.3 is 23.9 Å². The number of esters is 3. The molecule has 4 fully saturated rings. The molecule has 5 aliphatic heterocycles. The van der Waals surface area contributed by atoms with Gasteiger partial charge in [0.25, 0.3) is 0 Å². The van der Waals surface area contributed by atoms with E-state index >= 15 is 0 Å². The number of aromatic hydroxyl groups is 6. The largest absolute Gasteiger partial charge is 0.508 e. The number of hydrogen-bond donors (Lipinski definition) is 18. The summed E-state index contributed by atoms with van der Waals surface area (Å²) in [6, 6.07) is 11.7. The van der Waals surface area contributed by atoms with E-state index in [4.69, 9.17) is 61.3 Å². The number of carboxylic acid groups (broad SMARTS) is 1. The maximum Gasteiger partial charge on any atom is 0.335 e. The summed E-state index contributed by atoms with van der Waals surface area (Å²) in [7, 11) is 0. The highest BCUT2D eigenvalue weighted by Gasteiger charge is 2.54. The number of phenolic OH excluding ortho intramolecular Hbond substituents is 6. The number of aliphatic hydroxyl groups is 11. The van der Waals surface area contributed by atoms with E-state index < -0.39 is 241 Å². The van der Waals surface area contributed by atoms with Gasteiger partial charge in [0, 0.05) is 42.3 Å². The topological polar surface area (TPSA) is 573 Å². The van der Waals surface area contributed by atoms with Gasteiger partial charge in [0.05, 0.1) is 18.8 Å². The molecule has 0 amide bonds. The molecule has 4 aromatic carbocycles. The molecule has 10 rings (SSSR count). The summed E-state index contributed by atoms with van der Waals surface area (Å²) in [6.45, 7) is -2.03. The van der Waals surface area contributed by atoms with Gasteiger partial charge in [0.2, 0.25) is 30.0 Å². The van der Waals surface area contributed by atoms with Gasteiger partial charge in [-0.3, -0.25) is 19.2 Å². The molecular weight excluding hydrogens is 1280 g/mol. The van der Waals surface area contributed by atoms with Crippen LogP contribution in [-0.2, 0) is 61.8 Å². The van der Waals surface area contributed by atoms with Crippen LogP contribution in [0, 0.1) is 0 Å². The average molecular weight is 1350 g/mol. The van der Waals surface area contributed by atoms with E-state index in [1.54, 1.807) is 0 Å². The molecule has 4 saturated heterocycles. The van der Waals surface area contributed by atoms with Gasteiger partial charge in [-0.05, 0) is 42.5 Å². The number of rotatable bonds is 19. The number of hydrogen-bond acceptors (Lipinski definition) is 35. The van der Waals surface area contributed by atoms with Crippen molar-refractivity contribution in [1.82, 2.24) is 0 Å². The van der Waals surface area contributed by atoms with Gasteiger partial charge in [0.1, 0.15) is 131 Å². The number of ether oxygens (including phenoxy) is 12. The van der Waals surface area contributed by atoms with Gasteiger partial charge in [-0.25, -0.2) is 4.79 Å². The number of phenols is 6. The second kappa shape index (κ2) is 28.2. The van der Waals surface area contributed by atoms with Crippen molar-refractivity contribution >= 4 is 40.9 Å². The molecule has 0 saturated carbocycles. The summed E-state index contributed by atoms with van der Waals surface area (Å²) in [5.74, 6) is -12.0. The molecule has 5 aliphatic rings. The molecule has 36 nitrogen and oxygen atoms in total. The second-order valence-electron chi connectivity index (χ2n) is 22.1. The Hall–Kier alpha value is -8.93. The molecule has 0 bridgehead atoms. The zero-order valence-electron chi connectivity index (χ0n) is 48.8. The zero-order valence-corrected chi connectivity index (χ0v) is 48.8. The number of benzene rings is 4. The summed E-state index contributed by atoms with van der Waals surface area (Å²) >= 11 is 0. The minimum Gasteiger partial charge on any atom is -0.508 e. The van der Waals surface area contributed by atoms with E-state index in [1.807, 2.05) is 0 Å². The third-order valence-corrected chi connectivity index (χ3v) is 15.6. The van der Waals surface area contributed by atoms with Crippen molar-refractivity contribution in [2.24, 2.45) is 0 Å². The summed E-state index contributed by atoms with van der Waals surface area (Å²) in [5.41, 5.74) is -1.99. The number of carbonyl (C=O) groups is 4. The minimum absolute atomic E-state index is 0.0771. The van der Waals surface area contributed by atoms with E-state index in [0.717, 1.165) is 49.4 Å². The quantitative estimate of drug-likeness (QED) is 0.0162. The first-order valence-corrected chi connectivity index (χ1v) is 28.5. The van der Waals surface area contributed by atoms with Crippen molar-refractivity contribution in [3.05, 3.63) is 93.8 Å². The Morgan fingerprint density at radius 3 is 1.86 bits per heavy atom. The summed E-state index contributed by atoms with van der Waals surface area (Å²) < 4.78 is 73.7. The van der Waals surface area contributed by atoms with Crippen LogP contribution in [0.25, 0.3) is 28.4 Å². The molecule has 21 unspecified atom stereocenters. The lowest BCUT2D eigenvalue weighted by atomic mass is 9.97. The van der Waals surface area contributed by atoms with Crippen molar-refractivity contribution in [1.29, 1.82) is 0 Å². The molecule has 21 atom stereocenters. The monoisotopic (exact) mass is 1350 g/mol. The lowest BCUT2D eigenvalue weighted by Gasteiger charge is -2.45. The highest BCUT2D eigenvalue weighted by molar-refractivity contribution is 5.91. The Kier molecular flexibility index (Phi) is 20.4. The van der Waals surface area contributed by atoms with E-state index in [9.17, 15) is 116 Å². The third-order valence-electron chi connectivity index (χ3n) is 15.6. The smallest absolute Gasteiger partial charge is 0.335 e. The average Bonchev–Trinajstić information content (AvgIpc) is 0.764. The molecule has 18 N–H and O–H groups in total. The summed E-state index contributed by atoms with van der Waals surface area (Å²) in [4.78, 5) is 66.2. The molecule has 0 radical (unpaired) electrons. The van der Waals surface area contributed by atoms with Gasteiger partial charge < -0.3 is 153 Å². The van der Waals surface area contributed by atoms with Crippen molar-refractivity contribution in [3.8, 4) is 63.1 Å². The third kappa shape index (κ3) is 14.2. The number of aliphatic hydroxyl groups excluding tert-OH is 11. The predicted molar refractivity (Wildman–Crippen MR) is 301 cm³/mol. The maximum absolute atomic E-state index is 14.7. The molecule has 514 valence electrons. The summed E-state index contributed by atoms with van der Waals surface area (Å²) in [6.07, 6.45) is -42.8. The van der Waals surface area contributed by atoms with E-state index in [0.29, 0.717) is 6.07 Å².